The van der Waals surface area contributed by atoms with Crippen LogP contribution >= 0.6 is 11.8 Å². The highest BCUT2D eigenvalue weighted by molar-refractivity contribution is 7.99. The summed E-state index contributed by atoms with van der Waals surface area (Å²) in [6.45, 7) is 7.42. The summed E-state index contributed by atoms with van der Waals surface area (Å²) in [5.41, 5.74) is 2.20. The van der Waals surface area contributed by atoms with Crippen molar-refractivity contribution in [3.8, 4) is 0 Å². The van der Waals surface area contributed by atoms with E-state index in [1.165, 1.54) is 0 Å². The van der Waals surface area contributed by atoms with Gasteiger partial charge in [0.15, 0.2) is 0 Å². The van der Waals surface area contributed by atoms with Crippen molar-refractivity contribution < 1.29 is 0 Å². The van der Waals surface area contributed by atoms with Crippen LogP contribution in [0, 0.1) is 0 Å². The Kier molecular flexibility index (Phi) is 5.78. The van der Waals surface area contributed by atoms with Crippen LogP contribution in [0.3, 0.4) is 0 Å². The predicted molar refractivity (Wildman–Crippen MR) is 77.4 cm³/mol. The van der Waals surface area contributed by atoms with Crippen LogP contribution < -0.4 is 5.32 Å². The molecule has 1 aromatic rings. The molecule has 1 atom stereocenters. The Balaban J connectivity index is 2.56. The first kappa shape index (κ1) is 14.3. The average Bonchev–Trinajstić information content (AvgIpc) is 2.31. The van der Waals surface area contributed by atoms with Gasteiger partial charge in [-0.15, -0.1) is 11.8 Å². The molecule has 0 amide bonds. The molecule has 17 heavy (non-hydrogen) atoms. The molecule has 1 N–H and O–H groups in total. The van der Waals surface area contributed by atoms with E-state index >= 15 is 0 Å². The van der Waals surface area contributed by atoms with E-state index in [2.05, 4.69) is 61.4 Å². The molecule has 0 aromatic carbocycles. The fraction of sp³-hybridized carbons (Fsp3) is 0.615. The molecule has 0 aliphatic heterocycles. The molecule has 0 fully saturated rings. The van der Waals surface area contributed by atoms with Crippen molar-refractivity contribution in [3.63, 3.8) is 0 Å². The van der Waals surface area contributed by atoms with E-state index in [9.17, 15) is 0 Å². The van der Waals surface area contributed by atoms with Crippen LogP contribution in [0.4, 0.5) is 5.69 Å². The number of nitrogens with one attached hydrogen (secondary N) is 1. The lowest BCUT2D eigenvalue weighted by Crippen LogP contribution is -2.26. The summed E-state index contributed by atoms with van der Waals surface area (Å²) in [6.07, 6.45) is 4.01. The third-order valence-corrected chi connectivity index (χ3v) is 3.67. The number of anilines is 1. The van der Waals surface area contributed by atoms with Gasteiger partial charge in [0.25, 0.3) is 0 Å². The molecule has 1 rings (SSSR count). The smallest absolute Gasteiger partial charge is 0.0691 e. The molecule has 1 aromatic heterocycles. The Hall–Kier alpha value is -0.740. The van der Waals surface area contributed by atoms with Crippen LogP contribution in [0.5, 0.6) is 0 Å². The molecule has 3 nitrogen and oxygen atoms in total. The number of aromatic nitrogens is 1. The quantitative estimate of drug-likeness (QED) is 0.789. The lowest BCUT2D eigenvalue weighted by Gasteiger charge is -2.20. The third kappa shape index (κ3) is 4.96. The van der Waals surface area contributed by atoms with Gasteiger partial charge in [-0.05, 0) is 46.2 Å². The largest absolute Gasteiger partial charge is 0.372 e. The van der Waals surface area contributed by atoms with Gasteiger partial charge in [-0.1, -0.05) is 0 Å². The lowest BCUT2D eigenvalue weighted by molar-refractivity contribution is 0.263. The predicted octanol–water partition coefficient (Wildman–Crippen LogP) is 3.04. The third-order valence-electron chi connectivity index (χ3n) is 2.84. The Morgan fingerprint density at radius 3 is 2.53 bits per heavy atom. The number of nitrogens with zero attached hydrogens (tertiary/aromatic N) is 2. The maximum atomic E-state index is 4.47. The Labute approximate surface area is 109 Å². The summed E-state index contributed by atoms with van der Waals surface area (Å²) < 4.78 is 0. The Morgan fingerprint density at radius 1 is 1.35 bits per heavy atom. The Bertz CT molecular complexity index is 324. The van der Waals surface area contributed by atoms with E-state index in [-0.39, 0.29) is 0 Å². The van der Waals surface area contributed by atoms with Gasteiger partial charge < -0.3 is 5.32 Å². The summed E-state index contributed by atoms with van der Waals surface area (Å²) in [5.74, 6) is 0. The van der Waals surface area contributed by atoms with Crippen molar-refractivity contribution in [1.29, 1.82) is 0 Å². The zero-order valence-corrected chi connectivity index (χ0v) is 12.2. The van der Waals surface area contributed by atoms with Crippen molar-refractivity contribution in [2.24, 2.45) is 0 Å². The van der Waals surface area contributed by atoms with E-state index in [1.54, 1.807) is 11.8 Å². The van der Waals surface area contributed by atoms with E-state index in [4.69, 9.17) is 0 Å². The van der Waals surface area contributed by atoms with Crippen LogP contribution in [-0.2, 0) is 6.54 Å². The molecule has 1 heterocycles. The molecule has 0 saturated carbocycles. The molecule has 0 saturated heterocycles. The number of thioether (sulfide) groups is 1. The number of hydrogen-bond donors (Lipinski definition) is 1. The topological polar surface area (TPSA) is 28.2 Å². The minimum atomic E-state index is 0.418. The van der Waals surface area contributed by atoms with Crippen LogP contribution in [0.2, 0.25) is 0 Å². The second-order valence-electron chi connectivity index (χ2n) is 4.57. The highest BCUT2D eigenvalue weighted by Crippen LogP contribution is 2.13. The van der Waals surface area contributed by atoms with E-state index in [0.29, 0.717) is 11.4 Å². The van der Waals surface area contributed by atoms with E-state index in [1.807, 2.05) is 6.20 Å². The van der Waals surface area contributed by atoms with Gasteiger partial charge >= 0.3 is 0 Å². The van der Waals surface area contributed by atoms with Gasteiger partial charge in [0, 0.05) is 12.6 Å². The normalized spacial score (nSPS) is 13.1. The maximum absolute atomic E-state index is 4.47. The van der Waals surface area contributed by atoms with E-state index in [0.717, 1.165) is 17.9 Å². The zero-order chi connectivity index (χ0) is 12.8. The zero-order valence-electron chi connectivity index (χ0n) is 11.4. The first-order valence-corrected chi connectivity index (χ1v) is 7.26. The standard InChI is InChI=1S/C13H23N3S/c1-10(2)16(4)9-13-7-6-12(8-14-13)15-11(3)17-5/h6-8,10-11,15H,9H2,1-5H3. The molecule has 0 bridgehead atoms. The molecule has 0 aliphatic rings. The monoisotopic (exact) mass is 253 g/mol. The highest BCUT2D eigenvalue weighted by Gasteiger charge is 2.05. The number of hydrogen-bond acceptors (Lipinski definition) is 4. The van der Waals surface area contributed by atoms with Gasteiger partial charge in [-0.3, -0.25) is 9.88 Å². The molecule has 0 aliphatic carbocycles. The van der Waals surface area contributed by atoms with E-state index < -0.39 is 0 Å². The SMILES string of the molecule is CSC(C)Nc1ccc(CN(C)C(C)C)nc1. The Morgan fingerprint density at radius 2 is 2.06 bits per heavy atom. The summed E-state index contributed by atoms with van der Waals surface area (Å²) in [5, 5.41) is 3.80. The van der Waals surface area contributed by atoms with Crippen molar-refractivity contribution in [2.45, 2.75) is 38.7 Å². The average molecular weight is 253 g/mol. The molecule has 4 heteroatoms. The van der Waals surface area contributed by atoms with Gasteiger partial charge in [-0.2, -0.15) is 0 Å². The molecule has 0 spiro atoms. The number of rotatable bonds is 6. The second-order valence-corrected chi connectivity index (χ2v) is 5.75. The molecule has 1 unspecified atom stereocenters. The van der Waals surface area contributed by atoms with Gasteiger partial charge in [0.05, 0.1) is 23.0 Å². The molecular formula is C13H23N3S. The van der Waals surface area contributed by atoms with Crippen molar-refractivity contribution in [1.82, 2.24) is 9.88 Å². The summed E-state index contributed by atoms with van der Waals surface area (Å²) >= 11 is 1.79. The molecular weight excluding hydrogens is 230 g/mol. The van der Waals surface area contributed by atoms with Crippen LogP contribution in [0.25, 0.3) is 0 Å². The number of pyridine rings is 1. The van der Waals surface area contributed by atoms with Crippen LogP contribution in [0.15, 0.2) is 18.3 Å². The molecule has 96 valence electrons. The van der Waals surface area contributed by atoms with Crippen LogP contribution in [0.1, 0.15) is 26.5 Å². The minimum Gasteiger partial charge on any atom is -0.372 e. The van der Waals surface area contributed by atoms with Gasteiger partial charge in [-0.25, -0.2) is 0 Å². The van der Waals surface area contributed by atoms with Crippen molar-refractivity contribution in [3.05, 3.63) is 24.0 Å². The van der Waals surface area contributed by atoms with Crippen molar-refractivity contribution >= 4 is 17.4 Å². The lowest BCUT2D eigenvalue weighted by atomic mass is 10.3. The van der Waals surface area contributed by atoms with Gasteiger partial charge in [0.1, 0.15) is 0 Å². The van der Waals surface area contributed by atoms with Crippen LogP contribution in [-0.4, -0.2) is 34.6 Å². The summed E-state index contributed by atoms with van der Waals surface area (Å²) in [6, 6.07) is 4.74. The van der Waals surface area contributed by atoms with Crippen molar-refractivity contribution in [2.75, 3.05) is 18.6 Å². The second kappa shape index (κ2) is 6.87. The summed E-state index contributed by atoms with van der Waals surface area (Å²) in [4.78, 5) is 6.75. The summed E-state index contributed by atoms with van der Waals surface area (Å²) in [7, 11) is 2.12. The first-order valence-electron chi connectivity index (χ1n) is 5.97. The highest BCUT2D eigenvalue weighted by atomic mass is 32.2. The maximum Gasteiger partial charge on any atom is 0.0691 e. The fourth-order valence-electron chi connectivity index (χ4n) is 1.34. The van der Waals surface area contributed by atoms with Gasteiger partial charge in [0.2, 0.25) is 0 Å². The fourth-order valence-corrected chi connectivity index (χ4v) is 1.59. The minimum absolute atomic E-state index is 0.418. The molecule has 0 radical (unpaired) electrons. The first-order chi connectivity index (χ1) is 8.02.